The number of nitrogens with two attached hydrogens (primary N) is 1. The van der Waals surface area contributed by atoms with E-state index in [1.54, 1.807) is 0 Å². The molecule has 0 aliphatic rings. The number of hydrogen-bond donors (Lipinski definition) is 1. The molecule has 2 nitrogen and oxygen atoms in total. The van der Waals surface area contributed by atoms with Crippen molar-refractivity contribution in [3.05, 3.63) is 28.0 Å². The normalized spacial score (nSPS) is 9.00. The Labute approximate surface area is 80.7 Å². The van der Waals surface area contributed by atoms with Gasteiger partial charge in [0.05, 0.1) is 5.69 Å². The van der Waals surface area contributed by atoms with E-state index in [0.717, 1.165) is 15.9 Å². The van der Waals surface area contributed by atoms with Gasteiger partial charge in [-0.25, -0.2) is 0 Å². The van der Waals surface area contributed by atoms with Crippen molar-refractivity contribution < 1.29 is 0 Å². The lowest BCUT2D eigenvalue weighted by molar-refractivity contribution is 0.966. The van der Waals surface area contributed by atoms with Crippen molar-refractivity contribution >= 4 is 28.3 Å². The number of aryl methyl sites for hydroxylation is 1. The van der Waals surface area contributed by atoms with Gasteiger partial charge < -0.3 is 5.73 Å². The average Bonchev–Trinajstić information content (AvgIpc) is 1.85. The van der Waals surface area contributed by atoms with Crippen LogP contribution in [0.15, 0.2) is 16.6 Å². The smallest absolute Gasteiger partial charge is 0.0553 e. The zero-order chi connectivity index (χ0) is 7.56. The first kappa shape index (κ1) is 10.9. The first-order chi connectivity index (χ1) is 4.72. The highest BCUT2D eigenvalue weighted by Crippen LogP contribution is 2.11. The van der Waals surface area contributed by atoms with Crippen molar-refractivity contribution in [2.24, 2.45) is 5.73 Å². The van der Waals surface area contributed by atoms with E-state index in [1.807, 2.05) is 19.1 Å². The van der Waals surface area contributed by atoms with Crippen LogP contribution in [0.5, 0.6) is 0 Å². The molecule has 1 heterocycles. The monoisotopic (exact) mass is 236 g/mol. The zero-order valence-electron chi connectivity index (χ0n) is 6.17. The summed E-state index contributed by atoms with van der Waals surface area (Å²) in [4.78, 5) is 4.20. The molecular weight excluding hydrogens is 227 g/mol. The molecular formula is C7H10BrClN2. The fourth-order valence-electron chi connectivity index (χ4n) is 0.796. The Kier molecular flexibility index (Phi) is 4.65. The van der Waals surface area contributed by atoms with Crippen molar-refractivity contribution in [2.75, 3.05) is 0 Å². The van der Waals surface area contributed by atoms with E-state index in [9.17, 15) is 0 Å². The highest BCUT2D eigenvalue weighted by Gasteiger charge is 1.94. The Bertz CT molecular complexity index is 220. The Hall–Kier alpha value is -0.120. The van der Waals surface area contributed by atoms with Gasteiger partial charge in [0.2, 0.25) is 0 Å². The summed E-state index contributed by atoms with van der Waals surface area (Å²) in [6, 6.07) is 3.88. The predicted octanol–water partition coefficient (Wildman–Crippen LogP) is 2.03. The molecule has 0 aliphatic carbocycles. The summed E-state index contributed by atoms with van der Waals surface area (Å²) in [7, 11) is 0. The van der Waals surface area contributed by atoms with Crippen LogP contribution >= 0.6 is 28.3 Å². The molecule has 0 aromatic carbocycles. The first-order valence-electron chi connectivity index (χ1n) is 3.05. The Morgan fingerprint density at radius 1 is 1.55 bits per heavy atom. The van der Waals surface area contributed by atoms with Crippen LogP contribution in [0.25, 0.3) is 0 Å². The summed E-state index contributed by atoms with van der Waals surface area (Å²) in [6.07, 6.45) is 0. The molecule has 1 aromatic heterocycles. The fourth-order valence-corrected chi connectivity index (χ4v) is 1.39. The molecule has 0 radical (unpaired) electrons. The van der Waals surface area contributed by atoms with Gasteiger partial charge >= 0.3 is 0 Å². The molecule has 0 spiro atoms. The van der Waals surface area contributed by atoms with Gasteiger partial charge in [-0.1, -0.05) is 15.9 Å². The van der Waals surface area contributed by atoms with Gasteiger partial charge in [0, 0.05) is 16.7 Å². The molecule has 4 heteroatoms. The van der Waals surface area contributed by atoms with E-state index < -0.39 is 0 Å². The van der Waals surface area contributed by atoms with E-state index in [2.05, 4.69) is 20.9 Å². The maximum absolute atomic E-state index is 5.40. The first-order valence-corrected chi connectivity index (χ1v) is 3.85. The van der Waals surface area contributed by atoms with Crippen LogP contribution in [0.1, 0.15) is 11.4 Å². The molecule has 0 saturated carbocycles. The molecule has 62 valence electrons. The lowest BCUT2D eigenvalue weighted by Gasteiger charge is -1.98. The minimum Gasteiger partial charge on any atom is -0.325 e. The molecule has 1 rings (SSSR count). The van der Waals surface area contributed by atoms with E-state index in [1.165, 1.54) is 0 Å². The average molecular weight is 238 g/mol. The van der Waals surface area contributed by atoms with Gasteiger partial charge in [-0.3, -0.25) is 4.98 Å². The second-order valence-corrected chi connectivity index (χ2v) is 3.04. The summed E-state index contributed by atoms with van der Waals surface area (Å²) in [6.45, 7) is 2.45. The standard InChI is InChI=1S/C7H9BrN2.ClH/c1-5-2-6(8)3-7(4-9)10-5;/h2-3H,4,9H2,1H3;1H. The number of rotatable bonds is 1. The predicted molar refractivity (Wildman–Crippen MR) is 51.8 cm³/mol. The molecule has 11 heavy (non-hydrogen) atoms. The largest absolute Gasteiger partial charge is 0.325 e. The van der Waals surface area contributed by atoms with Crippen LogP contribution in [0, 0.1) is 6.92 Å². The summed E-state index contributed by atoms with van der Waals surface area (Å²) in [5.74, 6) is 0. The fraction of sp³-hybridized carbons (Fsp3) is 0.286. The molecule has 1 aromatic rings. The Morgan fingerprint density at radius 3 is 2.64 bits per heavy atom. The van der Waals surface area contributed by atoms with Crippen LogP contribution in [0.2, 0.25) is 0 Å². The molecule has 0 atom stereocenters. The van der Waals surface area contributed by atoms with Crippen LogP contribution in [0.3, 0.4) is 0 Å². The number of pyridine rings is 1. The molecule has 0 unspecified atom stereocenters. The SMILES string of the molecule is Cc1cc(Br)cc(CN)n1.Cl. The van der Waals surface area contributed by atoms with Crippen LogP contribution in [-0.2, 0) is 6.54 Å². The third kappa shape index (κ3) is 3.18. The van der Waals surface area contributed by atoms with Gasteiger partial charge in [0.25, 0.3) is 0 Å². The van der Waals surface area contributed by atoms with Gasteiger partial charge in [0.1, 0.15) is 0 Å². The molecule has 0 amide bonds. The van der Waals surface area contributed by atoms with Crippen molar-refractivity contribution in [2.45, 2.75) is 13.5 Å². The third-order valence-electron chi connectivity index (χ3n) is 1.18. The number of aromatic nitrogens is 1. The number of halogens is 2. The van der Waals surface area contributed by atoms with E-state index in [0.29, 0.717) is 6.54 Å². The van der Waals surface area contributed by atoms with Crippen LogP contribution in [-0.4, -0.2) is 4.98 Å². The molecule has 2 N–H and O–H groups in total. The molecule has 0 saturated heterocycles. The van der Waals surface area contributed by atoms with Gasteiger partial charge in [-0.15, -0.1) is 12.4 Å². The lowest BCUT2D eigenvalue weighted by atomic mass is 10.3. The van der Waals surface area contributed by atoms with E-state index in [4.69, 9.17) is 5.73 Å². The molecule has 0 aliphatic heterocycles. The number of hydrogen-bond acceptors (Lipinski definition) is 2. The minimum atomic E-state index is 0. The highest BCUT2D eigenvalue weighted by molar-refractivity contribution is 9.10. The Balaban J connectivity index is 0.000001000. The Morgan fingerprint density at radius 2 is 2.18 bits per heavy atom. The summed E-state index contributed by atoms with van der Waals surface area (Å²) >= 11 is 3.36. The quantitative estimate of drug-likeness (QED) is 0.812. The minimum absolute atomic E-state index is 0. The maximum Gasteiger partial charge on any atom is 0.0553 e. The van der Waals surface area contributed by atoms with E-state index in [-0.39, 0.29) is 12.4 Å². The van der Waals surface area contributed by atoms with Crippen molar-refractivity contribution in [3.8, 4) is 0 Å². The van der Waals surface area contributed by atoms with Crippen molar-refractivity contribution in [1.82, 2.24) is 4.98 Å². The van der Waals surface area contributed by atoms with Crippen molar-refractivity contribution in [3.63, 3.8) is 0 Å². The molecule has 0 fully saturated rings. The lowest BCUT2D eigenvalue weighted by Crippen LogP contribution is -2.00. The molecule has 0 bridgehead atoms. The third-order valence-corrected chi connectivity index (χ3v) is 1.64. The van der Waals surface area contributed by atoms with Crippen LogP contribution < -0.4 is 5.73 Å². The second kappa shape index (κ2) is 4.70. The van der Waals surface area contributed by atoms with Crippen molar-refractivity contribution in [1.29, 1.82) is 0 Å². The van der Waals surface area contributed by atoms with Gasteiger partial charge in [-0.05, 0) is 19.1 Å². The highest BCUT2D eigenvalue weighted by atomic mass is 79.9. The summed E-state index contributed by atoms with van der Waals surface area (Å²) in [5, 5.41) is 0. The second-order valence-electron chi connectivity index (χ2n) is 2.12. The van der Waals surface area contributed by atoms with Crippen LogP contribution in [0.4, 0.5) is 0 Å². The zero-order valence-corrected chi connectivity index (χ0v) is 8.58. The van der Waals surface area contributed by atoms with E-state index >= 15 is 0 Å². The summed E-state index contributed by atoms with van der Waals surface area (Å²) < 4.78 is 1.04. The maximum atomic E-state index is 5.40. The van der Waals surface area contributed by atoms with Gasteiger partial charge in [0.15, 0.2) is 0 Å². The number of nitrogens with zero attached hydrogens (tertiary/aromatic N) is 1. The topological polar surface area (TPSA) is 38.9 Å². The van der Waals surface area contributed by atoms with Gasteiger partial charge in [-0.2, -0.15) is 0 Å². The summed E-state index contributed by atoms with van der Waals surface area (Å²) in [5.41, 5.74) is 7.32.